The predicted molar refractivity (Wildman–Crippen MR) is 145 cm³/mol. The molecule has 38 heavy (non-hydrogen) atoms. The lowest BCUT2D eigenvalue weighted by Crippen LogP contribution is -2.32. The molecule has 3 aromatic rings. The molecule has 1 unspecified atom stereocenters. The monoisotopic (exact) mass is 515 g/mol. The molecule has 7 nitrogen and oxygen atoms in total. The van der Waals surface area contributed by atoms with Gasteiger partial charge in [-0.3, -0.25) is 9.59 Å². The van der Waals surface area contributed by atoms with Crippen LogP contribution in [0.15, 0.2) is 78.4 Å². The molecule has 1 N–H and O–H groups in total. The molecule has 1 aliphatic heterocycles. The van der Waals surface area contributed by atoms with Crippen molar-refractivity contribution in [3.8, 4) is 11.5 Å². The Bertz CT molecular complexity index is 1300. The topological polar surface area (TPSA) is 85.3 Å². The molecule has 198 valence electrons. The Hall–Kier alpha value is -4.10. The van der Waals surface area contributed by atoms with Gasteiger partial charge in [-0.1, -0.05) is 48.9 Å². The van der Waals surface area contributed by atoms with Gasteiger partial charge in [0.25, 0.3) is 11.7 Å². The van der Waals surface area contributed by atoms with Gasteiger partial charge in [-0.15, -0.1) is 0 Å². The number of likely N-dealkylation sites (tertiary alicyclic amines) is 1. The van der Waals surface area contributed by atoms with Crippen LogP contribution < -0.4 is 9.47 Å². The zero-order chi connectivity index (χ0) is 27.1. The van der Waals surface area contributed by atoms with Gasteiger partial charge in [0.2, 0.25) is 0 Å². The summed E-state index contributed by atoms with van der Waals surface area (Å²) in [6, 6.07) is 21.4. The van der Waals surface area contributed by atoms with Gasteiger partial charge < -0.3 is 24.2 Å². The molecule has 1 saturated heterocycles. The minimum Gasteiger partial charge on any atom is -0.507 e. The molecule has 1 heterocycles. The Labute approximate surface area is 223 Å². The third kappa shape index (κ3) is 6.06. The van der Waals surface area contributed by atoms with E-state index < -0.39 is 17.7 Å². The lowest BCUT2D eigenvalue weighted by molar-refractivity contribution is -0.140. The van der Waals surface area contributed by atoms with Crippen molar-refractivity contribution in [2.45, 2.75) is 32.9 Å². The lowest BCUT2D eigenvalue weighted by Gasteiger charge is -2.25. The van der Waals surface area contributed by atoms with Crippen LogP contribution in [0.3, 0.4) is 0 Å². The van der Waals surface area contributed by atoms with Crippen LogP contribution in [-0.2, 0) is 20.9 Å². The molecule has 4 rings (SSSR count). The molecule has 1 atom stereocenters. The van der Waals surface area contributed by atoms with Gasteiger partial charge in [0.15, 0.2) is 0 Å². The standard InChI is InChI=1S/C31H33NO6/c1-4-17-37-25-12-8-23(9-13-25)28-27(30(34)31(35)32(28)16-18-36-3)29(33)24-10-14-26(15-11-24)38-20-22-7-5-6-21(2)19-22/h5-15,19,28,33H,4,16-18,20H2,1-3H3/b29-27+. The van der Waals surface area contributed by atoms with Crippen molar-refractivity contribution >= 4 is 17.4 Å². The van der Waals surface area contributed by atoms with Crippen molar-refractivity contribution in [2.75, 3.05) is 26.9 Å². The smallest absolute Gasteiger partial charge is 0.295 e. The quantitative estimate of drug-likeness (QED) is 0.208. The maximum absolute atomic E-state index is 13.1. The number of ketones is 1. The summed E-state index contributed by atoms with van der Waals surface area (Å²) < 4.78 is 16.7. The zero-order valence-electron chi connectivity index (χ0n) is 22.0. The largest absolute Gasteiger partial charge is 0.507 e. The fourth-order valence-electron chi connectivity index (χ4n) is 4.45. The number of carbonyl (C=O) groups excluding carboxylic acids is 2. The number of nitrogens with zero attached hydrogens (tertiary/aromatic N) is 1. The average molecular weight is 516 g/mol. The minimum atomic E-state index is -0.748. The van der Waals surface area contributed by atoms with Crippen LogP contribution in [0.4, 0.5) is 0 Å². The lowest BCUT2D eigenvalue weighted by atomic mass is 9.95. The summed E-state index contributed by atoms with van der Waals surface area (Å²) in [6.45, 7) is 5.53. The van der Waals surface area contributed by atoms with E-state index in [1.165, 1.54) is 12.0 Å². The molecule has 3 aromatic carbocycles. The van der Waals surface area contributed by atoms with Gasteiger partial charge in [0.05, 0.1) is 24.8 Å². The van der Waals surface area contributed by atoms with Gasteiger partial charge in [-0.2, -0.15) is 0 Å². The highest BCUT2D eigenvalue weighted by Crippen LogP contribution is 2.39. The minimum absolute atomic E-state index is 0.0433. The van der Waals surface area contributed by atoms with Crippen LogP contribution >= 0.6 is 0 Å². The number of amides is 1. The van der Waals surface area contributed by atoms with Crippen molar-refractivity contribution in [3.63, 3.8) is 0 Å². The van der Waals surface area contributed by atoms with Crippen molar-refractivity contribution in [2.24, 2.45) is 0 Å². The van der Waals surface area contributed by atoms with E-state index in [2.05, 4.69) is 6.07 Å². The molecular formula is C31H33NO6. The molecule has 7 heteroatoms. The first-order valence-electron chi connectivity index (χ1n) is 12.7. The molecule has 1 fully saturated rings. The second-order valence-corrected chi connectivity index (χ2v) is 9.20. The fourth-order valence-corrected chi connectivity index (χ4v) is 4.45. The first-order valence-corrected chi connectivity index (χ1v) is 12.7. The van der Waals surface area contributed by atoms with E-state index in [0.717, 1.165) is 17.5 Å². The number of hydrogen-bond acceptors (Lipinski definition) is 6. The molecule has 0 radical (unpaired) electrons. The summed E-state index contributed by atoms with van der Waals surface area (Å²) in [6.07, 6.45) is 0.884. The maximum Gasteiger partial charge on any atom is 0.295 e. The average Bonchev–Trinajstić information content (AvgIpc) is 3.19. The third-order valence-electron chi connectivity index (χ3n) is 6.36. The second kappa shape index (κ2) is 12.4. The number of Topliss-reactive ketones (excluding diaryl/α,β-unsaturated/α-hetero) is 1. The van der Waals surface area contributed by atoms with Crippen LogP contribution in [0.5, 0.6) is 11.5 Å². The number of aliphatic hydroxyl groups excluding tert-OH is 1. The third-order valence-corrected chi connectivity index (χ3v) is 6.36. The van der Waals surface area contributed by atoms with Crippen LogP contribution in [-0.4, -0.2) is 48.6 Å². The van der Waals surface area contributed by atoms with Crippen molar-refractivity contribution < 1.29 is 28.9 Å². The number of methoxy groups -OCH3 is 1. The van der Waals surface area contributed by atoms with Crippen molar-refractivity contribution in [3.05, 3.63) is 101 Å². The van der Waals surface area contributed by atoms with Crippen LogP contribution in [0.2, 0.25) is 0 Å². The molecule has 0 aliphatic carbocycles. The van der Waals surface area contributed by atoms with Crippen molar-refractivity contribution in [1.29, 1.82) is 0 Å². The summed E-state index contributed by atoms with van der Waals surface area (Å²) >= 11 is 0. The van der Waals surface area contributed by atoms with Crippen molar-refractivity contribution in [1.82, 2.24) is 4.90 Å². The van der Waals surface area contributed by atoms with Gasteiger partial charge in [0.1, 0.15) is 23.9 Å². The van der Waals surface area contributed by atoms with E-state index in [4.69, 9.17) is 14.2 Å². The van der Waals surface area contributed by atoms with Gasteiger partial charge in [-0.25, -0.2) is 0 Å². The fraction of sp³-hybridized carbons (Fsp3) is 0.290. The molecule has 0 bridgehead atoms. The molecule has 0 saturated carbocycles. The SMILES string of the molecule is CCCOc1ccc(C2/C(=C(\O)c3ccc(OCc4cccc(C)c4)cc3)C(=O)C(=O)N2CCOC)cc1. The maximum atomic E-state index is 13.1. The summed E-state index contributed by atoms with van der Waals surface area (Å²) in [5.41, 5.74) is 3.38. The van der Waals surface area contributed by atoms with Gasteiger partial charge >= 0.3 is 0 Å². The highest BCUT2D eigenvalue weighted by atomic mass is 16.5. The van der Waals surface area contributed by atoms with E-state index >= 15 is 0 Å². The Balaban J connectivity index is 1.62. The number of ether oxygens (including phenoxy) is 3. The van der Waals surface area contributed by atoms with Gasteiger partial charge in [0, 0.05) is 19.2 Å². The number of hydrogen-bond donors (Lipinski definition) is 1. The Morgan fingerprint density at radius 3 is 2.26 bits per heavy atom. The van der Waals surface area contributed by atoms with E-state index in [1.807, 2.05) is 56.3 Å². The van der Waals surface area contributed by atoms with E-state index in [1.54, 1.807) is 24.3 Å². The summed E-state index contributed by atoms with van der Waals surface area (Å²) in [4.78, 5) is 27.6. The summed E-state index contributed by atoms with van der Waals surface area (Å²) in [7, 11) is 1.54. The molecule has 0 spiro atoms. The number of aliphatic hydroxyl groups is 1. The van der Waals surface area contributed by atoms with E-state index in [9.17, 15) is 14.7 Å². The van der Waals surface area contributed by atoms with Crippen LogP contribution in [0.25, 0.3) is 5.76 Å². The van der Waals surface area contributed by atoms with E-state index in [-0.39, 0.29) is 24.5 Å². The second-order valence-electron chi connectivity index (χ2n) is 9.20. The number of carbonyl (C=O) groups is 2. The number of benzene rings is 3. The molecule has 1 amide bonds. The zero-order valence-corrected chi connectivity index (χ0v) is 22.0. The predicted octanol–water partition coefficient (Wildman–Crippen LogP) is 5.43. The van der Waals surface area contributed by atoms with Crippen LogP contribution in [0.1, 0.15) is 41.6 Å². The Morgan fingerprint density at radius 2 is 1.61 bits per heavy atom. The Kier molecular flexibility index (Phi) is 8.81. The normalized spacial score (nSPS) is 16.6. The van der Waals surface area contributed by atoms with E-state index in [0.29, 0.717) is 35.8 Å². The highest BCUT2D eigenvalue weighted by Gasteiger charge is 2.45. The van der Waals surface area contributed by atoms with Crippen LogP contribution in [0, 0.1) is 6.92 Å². The van der Waals surface area contributed by atoms with Gasteiger partial charge in [-0.05, 0) is 60.9 Å². The first-order chi connectivity index (χ1) is 18.4. The number of aryl methyl sites for hydroxylation is 1. The Morgan fingerprint density at radius 1 is 0.921 bits per heavy atom. The molecular weight excluding hydrogens is 482 g/mol. The highest BCUT2D eigenvalue weighted by molar-refractivity contribution is 6.46. The first kappa shape index (κ1) is 26.9. The molecule has 0 aromatic heterocycles. The summed E-state index contributed by atoms with van der Waals surface area (Å²) in [5.74, 6) is -0.300. The number of rotatable bonds is 11. The molecule has 1 aliphatic rings. The summed E-state index contributed by atoms with van der Waals surface area (Å²) in [5, 5.41) is 11.3.